The average Bonchev–Trinajstić information content (AvgIpc) is 2.54. The predicted molar refractivity (Wildman–Crippen MR) is 64.9 cm³/mol. The highest BCUT2D eigenvalue weighted by Gasteiger charge is 2.36. The van der Waals surface area contributed by atoms with Crippen LogP contribution in [0.4, 0.5) is 0 Å². The number of sulfonamides is 1. The molecule has 2 unspecified atom stereocenters. The van der Waals surface area contributed by atoms with Crippen LogP contribution in [0.3, 0.4) is 0 Å². The summed E-state index contributed by atoms with van der Waals surface area (Å²) < 4.78 is 48.2. The molecule has 0 aliphatic carbocycles. The number of rotatable bonds is 6. The van der Waals surface area contributed by atoms with Crippen molar-refractivity contribution in [3.63, 3.8) is 0 Å². The average molecular weight is 285 g/mol. The Labute approximate surface area is 102 Å². The molecule has 0 bridgehead atoms. The van der Waals surface area contributed by atoms with E-state index < -0.39 is 31.2 Å². The van der Waals surface area contributed by atoms with E-state index in [0.29, 0.717) is 12.8 Å². The maximum Gasteiger partial charge on any atom is 0.215 e. The summed E-state index contributed by atoms with van der Waals surface area (Å²) in [7, 11) is -6.72. The maximum absolute atomic E-state index is 11.7. The second-order valence-corrected chi connectivity index (χ2v) is 8.73. The van der Waals surface area contributed by atoms with Crippen molar-refractivity contribution in [1.82, 2.24) is 4.72 Å². The van der Waals surface area contributed by atoms with Crippen molar-refractivity contribution in [1.29, 1.82) is 0 Å². The van der Waals surface area contributed by atoms with Gasteiger partial charge in [0.05, 0.1) is 22.9 Å². The van der Waals surface area contributed by atoms with Crippen LogP contribution in [0.25, 0.3) is 0 Å². The van der Waals surface area contributed by atoms with Gasteiger partial charge in [0.15, 0.2) is 9.84 Å². The van der Waals surface area contributed by atoms with Crippen LogP contribution in [0.2, 0.25) is 0 Å². The van der Waals surface area contributed by atoms with E-state index in [2.05, 4.69) is 4.72 Å². The maximum atomic E-state index is 11.7. The third-order valence-electron chi connectivity index (χ3n) is 2.73. The van der Waals surface area contributed by atoms with Gasteiger partial charge < -0.3 is 5.11 Å². The molecule has 2 atom stereocenters. The summed E-state index contributed by atoms with van der Waals surface area (Å²) in [5.74, 6) is -0.328. The quantitative estimate of drug-likeness (QED) is 0.626. The molecule has 0 aromatic heterocycles. The minimum Gasteiger partial charge on any atom is -0.393 e. The van der Waals surface area contributed by atoms with E-state index in [9.17, 15) is 16.8 Å². The van der Waals surface area contributed by atoms with Crippen LogP contribution in [-0.2, 0) is 19.9 Å². The van der Waals surface area contributed by atoms with E-state index in [-0.39, 0.29) is 24.5 Å². The van der Waals surface area contributed by atoms with Crippen LogP contribution >= 0.6 is 0 Å². The van der Waals surface area contributed by atoms with Gasteiger partial charge in [-0.3, -0.25) is 0 Å². The van der Waals surface area contributed by atoms with Gasteiger partial charge in [-0.15, -0.1) is 0 Å². The minimum atomic E-state index is -3.54. The third-order valence-corrected chi connectivity index (χ3v) is 6.60. The Morgan fingerprint density at radius 3 is 2.59 bits per heavy atom. The highest BCUT2D eigenvalue weighted by atomic mass is 32.2. The molecule has 0 aromatic rings. The van der Waals surface area contributed by atoms with Crippen molar-refractivity contribution < 1.29 is 21.9 Å². The summed E-state index contributed by atoms with van der Waals surface area (Å²) in [5, 5.41) is 8.19. The van der Waals surface area contributed by atoms with E-state index in [4.69, 9.17) is 5.11 Å². The molecule has 2 N–H and O–H groups in total. The normalized spacial score (nSPS) is 25.9. The molecule has 0 radical (unpaired) electrons. The highest BCUT2D eigenvalue weighted by molar-refractivity contribution is 7.95. The first-order valence-corrected chi connectivity index (χ1v) is 8.97. The zero-order chi connectivity index (χ0) is 13.1. The van der Waals surface area contributed by atoms with Gasteiger partial charge in [-0.05, 0) is 26.2 Å². The molecule has 1 fully saturated rings. The molecule has 8 heteroatoms. The zero-order valence-corrected chi connectivity index (χ0v) is 11.4. The second-order valence-electron chi connectivity index (χ2n) is 4.46. The van der Waals surface area contributed by atoms with Gasteiger partial charge >= 0.3 is 0 Å². The lowest BCUT2D eigenvalue weighted by Gasteiger charge is -2.11. The van der Waals surface area contributed by atoms with Crippen LogP contribution in [-0.4, -0.2) is 51.3 Å². The molecule has 17 heavy (non-hydrogen) atoms. The van der Waals surface area contributed by atoms with Crippen molar-refractivity contribution in [2.45, 2.75) is 37.5 Å². The van der Waals surface area contributed by atoms with Gasteiger partial charge in [0, 0.05) is 6.54 Å². The van der Waals surface area contributed by atoms with Crippen LogP contribution < -0.4 is 4.72 Å². The van der Waals surface area contributed by atoms with Crippen molar-refractivity contribution in [3.8, 4) is 0 Å². The lowest BCUT2D eigenvalue weighted by Crippen LogP contribution is -2.35. The Balaban J connectivity index is 2.42. The van der Waals surface area contributed by atoms with Crippen molar-refractivity contribution in [3.05, 3.63) is 0 Å². The van der Waals surface area contributed by atoms with E-state index in [1.54, 1.807) is 6.92 Å². The van der Waals surface area contributed by atoms with Gasteiger partial charge in [0.2, 0.25) is 10.0 Å². The third kappa shape index (κ3) is 4.90. The molecule has 0 aromatic carbocycles. The fourth-order valence-corrected chi connectivity index (χ4v) is 5.86. The Bertz CT molecular complexity index is 440. The first kappa shape index (κ1) is 14.9. The number of hydrogen-bond donors (Lipinski definition) is 2. The monoisotopic (exact) mass is 285 g/mol. The largest absolute Gasteiger partial charge is 0.393 e. The summed E-state index contributed by atoms with van der Waals surface area (Å²) in [6.45, 7) is 1.88. The van der Waals surface area contributed by atoms with Crippen LogP contribution in [0.15, 0.2) is 0 Å². The standard InChI is InChI=1S/C9H19NO5S2/c1-8(11)3-2-5-10-17(14,15)9-4-6-16(12,13)7-9/h8-11H,2-7H2,1H3. The summed E-state index contributed by atoms with van der Waals surface area (Å²) in [4.78, 5) is 0. The van der Waals surface area contributed by atoms with E-state index in [1.807, 2.05) is 0 Å². The lowest BCUT2D eigenvalue weighted by molar-refractivity contribution is 0.182. The minimum absolute atomic E-state index is 0.0494. The van der Waals surface area contributed by atoms with E-state index in [0.717, 1.165) is 0 Å². The van der Waals surface area contributed by atoms with Gasteiger partial charge in [-0.25, -0.2) is 21.6 Å². The molecule has 0 saturated carbocycles. The Morgan fingerprint density at radius 1 is 1.47 bits per heavy atom. The summed E-state index contributed by atoms with van der Waals surface area (Å²) in [5.41, 5.74) is 0. The molecule has 1 heterocycles. The Hall–Kier alpha value is -0.180. The smallest absolute Gasteiger partial charge is 0.215 e. The van der Waals surface area contributed by atoms with E-state index >= 15 is 0 Å². The molecule has 1 saturated heterocycles. The molecule has 6 nitrogen and oxygen atoms in total. The van der Waals surface area contributed by atoms with Crippen molar-refractivity contribution in [2.75, 3.05) is 18.1 Å². The molecular formula is C9H19NO5S2. The number of hydrogen-bond acceptors (Lipinski definition) is 5. The molecular weight excluding hydrogens is 266 g/mol. The number of nitrogens with one attached hydrogen (secondary N) is 1. The summed E-state index contributed by atoms with van der Waals surface area (Å²) >= 11 is 0. The predicted octanol–water partition coefficient (Wildman–Crippen LogP) is -0.746. The molecule has 1 aliphatic rings. The molecule has 0 spiro atoms. The van der Waals surface area contributed by atoms with Crippen molar-refractivity contribution in [2.24, 2.45) is 0 Å². The molecule has 0 amide bonds. The fraction of sp³-hybridized carbons (Fsp3) is 1.00. The highest BCUT2D eigenvalue weighted by Crippen LogP contribution is 2.18. The lowest BCUT2D eigenvalue weighted by atomic mass is 10.2. The Kier molecular flexibility index (Phi) is 4.94. The van der Waals surface area contributed by atoms with Gasteiger partial charge in [-0.1, -0.05) is 0 Å². The molecule has 102 valence electrons. The van der Waals surface area contributed by atoms with Gasteiger partial charge in [0.25, 0.3) is 0 Å². The Morgan fingerprint density at radius 2 is 2.12 bits per heavy atom. The first-order chi connectivity index (χ1) is 7.73. The number of sulfone groups is 1. The van der Waals surface area contributed by atoms with Gasteiger partial charge in [0.1, 0.15) is 0 Å². The van der Waals surface area contributed by atoms with Crippen LogP contribution in [0.1, 0.15) is 26.2 Å². The number of aliphatic hydroxyl groups is 1. The molecule has 1 aliphatic heterocycles. The SMILES string of the molecule is CC(O)CCCNS(=O)(=O)C1CCS(=O)(=O)C1. The zero-order valence-electron chi connectivity index (χ0n) is 9.79. The van der Waals surface area contributed by atoms with E-state index in [1.165, 1.54) is 0 Å². The van der Waals surface area contributed by atoms with Crippen molar-refractivity contribution >= 4 is 19.9 Å². The van der Waals surface area contributed by atoms with Crippen LogP contribution in [0, 0.1) is 0 Å². The molecule has 1 rings (SSSR count). The number of aliphatic hydroxyl groups excluding tert-OH is 1. The fourth-order valence-electron chi connectivity index (χ4n) is 1.74. The van der Waals surface area contributed by atoms with Gasteiger partial charge in [-0.2, -0.15) is 0 Å². The first-order valence-electron chi connectivity index (χ1n) is 5.60. The second kappa shape index (κ2) is 5.64. The van der Waals surface area contributed by atoms with Crippen LogP contribution in [0.5, 0.6) is 0 Å². The summed E-state index contributed by atoms with van der Waals surface area (Å²) in [6, 6.07) is 0. The summed E-state index contributed by atoms with van der Waals surface area (Å²) in [6.07, 6.45) is 0.780. The topological polar surface area (TPSA) is 101 Å².